The van der Waals surface area contributed by atoms with E-state index in [1.165, 1.54) is 24.3 Å². The number of benzene rings is 4. The minimum Gasteiger partial charge on any atom is -0.352 e. The quantitative estimate of drug-likeness (QED) is 0.283. The van der Waals surface area contributed by atoms with E-state index in [0.717, 1.165) is 16.8 Å². The SMILES string of the molecule is Cc1ccc2c(c1)C=C[C@@H]1N2[C@H](C(=O)c2ccc(Cl)cc2)[C@H](C(=O)c2ccc(F)cc2)[C@@]12C(=O)Nc1ccccc12. The summed E-state index contributed by atoms with van der Waals surface area (Å²) in [5.41, 5.74) is 3.16. The molecule has 3 heterocycles. The van der Waals surface area contributed by atoms with Crippen molar-refractivity contribution in [3.05, 3.63) is 136 Å². The van der Waals surface area contributed by atoms with Gasteiger partial charge >= 0.3 is 0 Å². The molecule has 0 aliphatic carbocycles. The lowest BCUT2D eigenvalue weighted by molar-refractivity contribution is -0.121. The molecule has 1 spiro atoms. The van der Waals surface area contributed by atoms with E-state index in [4.69, 9.17) is 11.6 Å². The second kappa shape index (κ2) is 9.25. The number of Topliss-reactive ketones (excluding diaryl/α,β-unsaturated/α-hetero) is 2. The molecule has 0 bridgehead atoms. The van der Waals surface area contributed by atoms with E-state index in [1.54, 1.807) is 24.3 Å². The number of hydrogen-bond acceptors (Lipinski definition) is 4. The number of ketones is 2. The Morgan fingerprint density at radius 1 is 0.902 bits per heavy atom. The second-order valence-electron chi connectivity index (χ2n) is 10.8. The fourth-order valence-electron chi connectivity index (χ4n) is 6.88. The van der Waals surface area contributed by atoms with Gasteiger partial charge in [-0.1, -0.05) is 53.6 Å². The van der Waals surface area contributed by atoms with Crippen LogP contribution < -0.4 is 10.2 Å². The summed E-state index contributed by atoms with van der Waals surface area (Å²) in [6, 6.07) is 23.4. The molecular weight excluding hydrogens is 539 g/mol. The van der Waals surface area contributed by atoms with Crippen LogP contribution in [-0.4, -0.2) is 29.6 Å². The summed E-state index contributed by atoms with van der Waals surface area (Å²) in [6.45, 7) is 1.99. The fourth-order valence-corrected chi connectivity index (χ4v) is 7.00. The number of nitrogens with zero attached hydrogens (tertiary/aromatic N) is 1. The van der Waals surface area contributed by atoms with Gasteiger partial charge in [-0.2, -0.15) is 0 Å². The average Bonchev–Trinajstić information content (AvgIpc) is 3.45. The molecule has 41 heavy (non-hydrogen) atoms. The molecule has 4 atom stereocenters. The molecule has 7 heteroatoms. The Balaban J connectivity index is 1.53. The van der Waals surface area contributed by atoms with E-state index in [9.17, 15) is 18.8 Å². The first kappa shape index (κ1) is 25.4. The van der Waals surface area contributed by atoms with E-state index in [1.807, 2.05) is 66.4 Å². The van der Waals surface area contributed by atoms with Crippen LogP contribution in [0.3, 0.4) is 0 Å². The third kappa shape index (κ3) is 3.64. The lowest BCUT2D eigenvalue weighted by Gasteiger charge is -2.37. The highest BCUT2D eigenvalue weighted by Gasteiger charge is 2.70. The molecular formula is C34H24ClFN2O3. The van der Waals surface area contributed by atoms with Crippen molar-refractivity contribution in [2.24, 2.45) is 5.92 Å². The first-order valence-electron chi connectivity index (χ1n) is 13.4. The molecule has 3 aliphatic rings. The Morgan fingerprint density at radius 2 is 1.59 bits per heavy atom. The van der Waals surface area contributed by atoms with Crippen molar-refractivity contribution in [2.75, 3.05) is 10.2 Å². The van der Waals surface area contributed by atoms with Gasteiger partial charge in [0.1, 0.15) is 17.3 Å². The van der Waals surface area contributed by atoms with E-state index in [-0.39, 0.29) is 17.3 Å². The third-order valence-electron chi connectivity index (χ3n) is 8.60. The first-order valence-corrected chi connectivity index (χ1v) is 13.8. The normalized spacial score (nSPS) is 23.6. The standard InChI is InChI=1S/C34H24ClFN2O3/c1-19-6-16-27-22(18-19)11-17-28-34(25-4-2-3-5-26(25)37-33(34)41)29(31(39)20-9-14-24(36)15-10-20)30(38(27)28)32(40)21-7-12-23(35)13-8-21/h2-18,28-30H,1H3,(H,37,41)/t28-,29+,30-,34-/m0/s1. The number of halogens is 2. The molecule has 1 saturated heterocycles. The molecule has 0 radical (unpaired) electrons. The maximum atomic E-state index is 14.7. The van der Waals surface area contributed by atoms with Crippen molar-refractivity contribution in [2.45, 2.75) is 24.4 Å². The van der Waals surface area contributed by atoms with Crippen LogP contribution in [0.25, 0.3) is 6.08 Å². The van der Waals surface area contributed by atoms with Crippen molar-refractivity contribution in [3.63, 3.8) is 0 Å². The monoisotopic (exact) mass is 562 g/mol. The highest BCUT2D eigenvalue weighted by Crippen LogP contribution is 2.58. The van der Waals surface area contributed by atoms with Gasteiger partial charge in [-0.25, -0.2) is 4.39 Å². The molecule has 1 fully saturated rings. The number of carbonyl (C=O) groups excluding carboxylic acids is 3. The van der Waals surface area contributed by atoms with Gasteiger partial charge in [-0.15, -0.1) is 0 Å². The summed E-state index contributed by atoms with van der Waals surface area (Å²) < 4.78 is 13.9. The summed E-state index contributed by atoms with van der Waals surface area (Å²) in [4.78, 5) is 45.5. The summed E-state index contributed by atoms with van der Waals surface area (Å²) in [7, 11) is 0. The van der Waals surface area contributed by atoms with Crippen molar-refractivity contribution in [1.82, 2.24) is 0 Å². The van der Waals surface area contributed by atoms with Gasteiger partial charge in [0.25, 0.3) is 0 Å². The van der Waals surface area contributed by atoms with Gasteiger partial charge < -0.3 is 10.2 Å². The number of anilines is 2. The number of nitrogens with one attached hydrogen (secondary N) is 1. The minimum absolute atomic E-state index is 0.231. The molecule has 5 nitrogen and oxygen atoms in total. The highest BCUT2D eigenvalue weighted by molar-refractivity contribution is 6.30. The summed E-state index contributed by atoms with van der Waals surface area (Å²) >= 11 is 6.15. The van der Waals surface area contributed by atoms with Gasteiger partial charge in [0.15, 0.2) is 11.6 Å². The zero-order chi connectivity index (χ0) is 28.5. The van der Waals surface area contributed by atoms with Crippen LogP contribution in [0.2, 0.25) is 5.02 Å². The number of para-hydroxylation sites is 1. The minimum atomic E-state index is -1.42. The summed E-state index contributed by atoms with van der Waals surface area (Å²) in [5.74, 6) is -2.66. The molecule has 0 unspecified atom stereocenters. The Labute approximate surface area is 241 Å². The summed E-state index contributed by atoms with van der Waals surface area (Å²) in [6.07, 6.45) is 3.90. The molecule has 4 aromatic rings. The van der Waals surface area contributed by atoms with Crippen molar-refractivity contribution in [3.8, 4) is 0 Å². The van der Waals surface area contributed by atoms with E-state index in [2.05, 4.69) is 5.32 Å². The van der Waals surface area contributed by atoms with Crippen LogP contribution >= 0.6 is 11.6 Å². The maximum Gasteiger partial charge on any atom is 0.238 e. The Morgan fingerprint density at radius 3 is 2.34 bits per heavy atom. The van der Waals surface area contributed by atoms with Crippen molar-refractivity contribution >= 4 is 46.5 Å². The molecule has 0 saturated carbocycles. The van der Waals surface area contributed by atoms with Crippen LogP contribution in [0.15, 0.2) is 97.1 Å². The number of carbonyl (C=O) groups is 3. The summed E-state index contributed by atoms with van der Waals surface area (Å²) in [5, 5.41) is 3.49. The Bertz CT molecular complexity index is 1780. The molecule has 0 aromatic heterocycles. The number of hydrogen-bond donors (Lipinski definition) is 1. The Hall–Kier alpha value is -4.55. The fraction of sp³-hybridized carbons (Fsp3) is 0.147. The topological polar surface area (TPSA) is 66.5 Å². The van der Waals surface area contributed by atoms with Crippen molar-refractivity contribution < 1.29 is 18.8 Å². The Kier molecular flexibility index (Phi) is 5.73. The predicted molar refractivity (Wildman–Crippen MR) is 157 cm³/mol. The van der Waals surface area contributed by atoms with E-state index >= 15 is 0 Å². The van der Waals surface area contributed by atoms with Gasteiger partial charge in [-0.05, 0) is 84.8 Å². The number of aryl methyl sites for hydroxylation is 1. The van der Waals surface area contributed by atoms with Crippen LogP contribution in [-0.2, 0) is 10.2 Å². The van der Waals surface area contributed by atoms with Gasteiger partial charge in [-0.3, -0.25) is 14.4 Å². The van der Waals surface area contributed by atoms with Crippen LogP contribution in [0.4, 0.5) is 15.8 Å². The predicted octanol–water partition coefficient (Wildman–Crippen LogP) is 6.64. The zero-order valence-electron chi connectivity index (χ0n) is 22.0. The van der Waals surface area contributed by atoms with E-state index < -0.39 is 35.0 Å². The van der Waals surface area contributed by atoms with Crippen LogP contribution in [0, 0.1) is 18.7 Å². The van der Waals surface area contributed by atoms with Crippen LogP contribution in [0.1, 0.15) is 37.4 Å². The number of amides is 1. The highest BCUT2D eigenvalue weighted by atomic mass is 35.5. The third-order valence-corrected chi connectivity index (χ3v) is 8.85. The molecule has 7 rings (SSSR count). The van der Waals surface area contributed by atoms with Gasteiger partial charge in [0.05, 0.1) is 12.0 Å². The van der Waals surface area contributed by atoms with Crippen molar-refractivity contribution in [1.29, 1.82) is 0 Å². The largest absolute Gasteiger partial charge is 0.352 e. The van der Waals surface area contributed by atoms with Crippen LogP contribution in [0.5, 0.6) is 0 Å². The second-order valence-corrected chi connectivity index (χ2v) is 11.2. The van der Waals surface area contributed by atoms with Gasteiger partial charge in [0, 0.05) is 27.5 Å². The maximum absolute atomic E-state index is 14.7. The lowest BCUT2D eigenvalue weighted by Crippen LogP contribution is -2.51. The molecule has 3 aliphatic heterocycles. The molecule has 1 amide bonds. The number of rotatable bonds is 4. The average molecular weight is 563 g/mol. The zero-order valence-corrected chi connectivity index (χ0v) is 22.7. The molecule has 202 valence electrons. The molecule has 1 N–H and O–H groups in total. The van der Waals surface area contributed by atoms with E-state index in [0.29, 0.717) is 21.8 Å². The smallest absolute Gasteiger partial charge is 0.238 e. The van der Waals surface area contributed by atoms with Gasteiger partial charge in [0.2, 0.25) is 5.91 Å². The lowest BCUT2D eigenvalue weighted by atomic mass is 9.64. The molecule has 4 aromatic carbocycles. The first-order chi connectivity index (χ1) is 19.8. The number of fused-ring (bicyclic) bond motifs is 6.